The fraction of sp³-hybridized carbons (Fsp3) is 0.190. The van der Waals surface area contributed by atoms with Gasteiger partial charge in [-0.05, 0) is 42.0 Å². The van der Waals surface area contributed by atoms with Gasteiger partial charge in [0.15, 0.2) is 0 Å². The smallest absolute Gasteiger partial charge is 0.243 e. The first-order valence-electron chi connectivity index (χ1n) is 8.82. The van der Waals surface area contributed by atoms with Crippen LogP contribution in [0.5, 0.6) is 5.75 Å². The maximum atomic E-state index is 12.4. The number of anilines is 1. The third-order valence-corrected chi connectivity index (χ3v) is 4.19. The monoisotopic (exact) mass is 378 g/mol. The number of methoxy groups -OCH3 is 1. The van der Waals surface area contributed by atoms with Gasteiger partial charge in [-0.1, -0.05) is 18.2 Å². The minimum Gasteiger partial charge on any atom is -0.497 e. The summed E-state index contributed by atoms with van der Waals surface area (Å²) in [5, 5.41) is 7.05. The molecule has 2 aromatic carbocycles. The number of benzene rings is 2. The van der Waals surface area contributed by atoms with Crippen molar-refractivity contribution in [3.05, 3.63) is 72.6 Å². The molecular formula is C21H22N4O3. The molecule has 144 valence electrons. The molecule has 0 unspecified atom stereocenters. The fourth-order valence-electron chi connectivity index (χ4n) is 2.66. The zero-order valence-corrected chi connectivity index (χ0v) is 15.8. The van der Waals surface area contributed by atoms with Crippen molar-refractivity contribution in [2.75, 3.05) is 26.0 Å². The quantitative estimate of drug-likeness (QED) is 0.685. The third-order valence-electron chi connectivity index (χ3n) is 4.19. The standard InChI is InChI=1S/C21H22N4O3/c1-24(15-20(26)23-17-8-10-19(28-2)11-9-17)21(27)12-16-13-22-25(14-16)18-6-4-3-5-7-18/h3-11,13-14H,12,15H2,1-2H3,(H,23,26). The number of likely N-dealkylation sites (N-methyl/N-ethyl adjacent to an activating group) is 1. The highest BCUT2D eigenvalue weighted by Gasteiger charge is 2.15. The van der Waals surface area contributed by atoms with Crippen LogP contribution in [0.3, 0.4) is 0 Å². The largest absolute Gasteiger partial charge is 0.497 e. The molecule has 0 aliphatic heterocycles. The molecule has 3 aromatic rings. The maximum Gasteiger partial charge on any atom is 0.243 e. The molecule has 1 heterocycles. The summed E-state index contributed by atoms with van der Waals surface area (Å²) in [5.41, 5.74) is 2.36. The Morgan fingerprint density at radius 2 is 1.82 bits per heavy atom. The normalized spacial score (nSPS) is 10.4. The Morgan fingerprint density at radius 3 is 2.50 bits per heavy atom. The minimum atomic E-state index is -0.263. The highest BCUT2D eigenvalue weighted by molar-refractivity contribution is 5.94. The molecule has 0 bridgehead atoms. The molecule has 0 fully saturated rings. The summed E-state index contributed by atoms with van der Waals surface area (Å²) in [5.74, 6) is 0.292. The highest BCUT2D eigenvalue weighted by atomic mass is 16.5. The lowest BCUT2D eigenvalue weighted by molar-refractivity contribution is -0.132. The number of rotatable bonds is 7. The molecule has 0 radical (unpaired) electrons. The van der Waals surface area contributed by atoms with Crippen molar-refractivity contribution in [1.29, 1.82) is 0 Å². The Hall–Kier alpha value is -3.61. The van der Waals surface area contributed by atoms with Crippen molar-refractivity contribution in [3.8, 4) is 11.4 Å². The number of carbonyl (C=O) groups is 2. The number of para-hydroxylation sites is 1. The van der Waals surface area contributed by atoms with Crippen LogP contribution in [0.4, 0.5) is 5.69 Å². The van der Waals surface area contributed by atoms with E-state index in [1.54, 1.807) is 49.3 Å². The van der Waals surface area contributed by atoms with Gasteiger partial charge in [0, 0.05) is 18.9 Å². The van der Waals surface area contributed by atoms with E-state index in [0.717, 1.165) is 11.3 Å². The van der Waals surface area contributed by atoms with E-state index < -0.39 is 0 Å². The summed E-state index contributed by atoms with van der Waals surface area (Å²) in [4.78, 5) is 26.0. The van der Waals surface area contributed by atoms with Gasteiger partial charge in [-0.2, -0.15) is 5.10 Å². The van der Waals surface area contributed by atoms with Crippen LogP contribution in [0.1, 0.15) is 5.56 Å². The van der Waals surface area contributed by atoms with Crippen molar-refractivity contribution < 1.29 is 14.3 Å². The molecule has 0 aliphatic rings. The van der Waals surface area contributed by atoms with E-state index in [4.69, 9.17) is 4.74 Å². The number of hydrogen-bond acceptors (Lipinski definition) is 4. The van der Waals surface area contributed by atoms with E-state index in [-0.39, 0.29) is 24.8 Å². The van der Waals surface area contributed by atoms with Crippen molar-refractivity contribution in [1.82, 2.24) is 14.7 Å². The van der Waals surface area contributed by atoms with Crippen molar-refractivity contribution in [2.24, 2.45) is 0 Å². The van der Waals surface area contributed by atoms with E-state index >= 15 is 0 Å². The van der Waals surface area contributed by atoms with Crippen LogP contribution in [-0.2, 0) is 16.0 Å². The van der Waals surface area contributed by atoms with Gasteiger partial charge in [0.05, 0.1) is 32.0 Å². The number of aromatic nitrogens is 2. The summed E-state index contributed by atoms with van der Waals surface area (Å²) in [7, 11) is 3.19. The Kier molecular flexibility index (Phi) is 6.06. The topological polar surface area (TPSA) is 76.5 Å². The SMILES string of the molecule is COc1ccc(NC(=O)CN(C)C(=O)Cc2cnn(-c3ccccc3)c2)cc1. The van der Waals surface area contributed by atoms with Crippen LogP contribution >= 0.6 is 0 Å². The molecule has 0 saturated carbocycles. The molecule has 7 nitrogen and oxygen atoms in total. The number of nitrogens with one attached hydrogen (secondary N) is 1. The number of amides is 2. The Morgan fingerprint density at radius 1 is 1.11 bits per heavy atom. The first kappa shape index (κ1) is 19.2. The van der Waals surface area contributed by atoms with Gasteiger partial charge in [0.1, 0.15) is 5.75 Å². The Bertz CT molecular complexity index is 936. The fourth-order valence-corrected chi connectivity index (χ4v) is 2.66. The molecule has 0 spiro atoms. The second-order valence-corrected chi connectivity index (χ2v) is 6.33. The van der Waals surface area contributed by atoms with E-state index in [0.29, 0.717) is 11.4 Å². The average Bonchev–Trinajstić information content (AvgIpc) is 3.17. The van der Waals surface area contributed by atoms with Crippen molar-refractivity contribution >= 4 is 17.5 Å². The summed E-state index contributed by atoms with van der Waals surface area (Å²) in [6.45, 7) is -0.0301. The molecule has 3 rings (SSSR count). The van der Waals surface area contributed by atoms with E-state index in [1.807, 2.05) is 36.5 Å². The lowest BCUT2D eigenvalue weighted by Crippen LogP contribution is -2.35. The predicted molar refractivity (Wildman–Crippen MR) is 107 cm³/mol. The third kappa shape index (κ3) is 4.97. The Labute approximate surface area is 163 Å². The molecule has 28 heavy (non-hydrogen) atoms. The predicted octanol–water partition coefficient (Wildman–Crippen LogP) is 2.52. The number of nitrogens with zero attached hydrogens (tertiary/aromatic N) is 3. The van der Waals surface area contributed by atoms with E-state index in [2.05, 4.69) is 10.4 Å². The van der Waals surface area contributed by atoms with Gasteiger partial charge < -0.3 is 15.0 Å². The molecule has 1 N–H and O–H groups in total. The first-order chi connectivity index (χ1) is 13.5. The number of hydrogen-bond donors (Lipinski definition) is 1. The molecule has 7 heteroatoms. The van der Waals surface area contributed by atoms with Gasteiger partial charge in [-0.3, -0.25) is 9.59 Å². The lowest BCUT2D eigenvalue weighted by Gasteiger charge is -2.16. The number of carbonyl (C=O) groups excluding carboxylic acids is 2. The summed E-state index contributed by atoms with van der Waals surface area (Å²) in [6, 6.07) is 16.7. The van der Waals surface area contributed by atoms with Crippen molar-refractivity contribution in [2.45, 2.75) is 6.42 Å². The molecule has 0 atom stereocenters. The highest BCUT2D eigenvalue weighted by Crippen LogP contribution is 2.15. The van der Waals surface area contributed by atoms with Gasteiger partial charge in [0.2, 0.25) is 11.8 Å². The van der Waals surface area contributed by atoms with Crippen LogP contribution in [0, 0.1) is 0 Å². The van der Waals surface area contributed by atoms with Crippen LogP contribution < -0.4 is 10.1 Å². The van der Waals surface area contributed by atoms with Gasteiger partial charge in [0.25, 0.3) is 0 Å². The van der Waals surface area contributed by atoms with Crippen LogP contribution in [0.25, 0.3) is 5.69 Å². The maximum absolute atomic E-state index is 12.4. The van der Waals surface area contributed by atoms with Crippen LogP contribution in [-0.4, -0.2) is 47.2 Å². The van der Waals surface area contributed by atoms with Crippen LogP contribution in [0.2, 0.25) is 0 Å². The summed E-state index contributed by atoms with van der Waals surface area (Å²) >= 11 is 0. The minimum absolute atomic E-state index is 0.0301. The lowest BCUT2D eigenvalue weighted by atomic mass is 10.2. The second-order valence-electron chi connectivity index (χ2n) is 6.33. The molecule has 0 saturated heterocycles. The molecular weight excluding hydrogens is 356 g/mol. The van der Waals surface area contributed by atoms with Gasteiger partial charge in [-0.15, -0.1) is 0 Å². The average molecular weight is 378 g/mol. The van der Waals surface area contributed by atoms with Gasteiger partial charge >= 0.3 is 0 Å². The van der Waals surface area contributed by atoms with E-state index in [1.165, 1.54) is 4.90 Å². The molecule has 1 aromatic heterocycles. The first-order valence-corrected chi connectivity index (χ1v) is 8.82. The molecule has 0 aliphatic carbocycles. The van der Waals surface area contributed by atoms with Gasteiger partial charge in [-0.25, -0.2) is 4.68 Å². The summed E-state index contributed by atoms with van der Waals surface area (Å²) < 4.78 is 6.81. The van der Waals surface area contributed by atoms with Crippen LogP contribution in [0.15, 0.2) is 67.0 Å². The second kappa shape index (κ2) is 8.85. The zero-order valence-electron chi connectivity index (χ0n) is 15.8. The molecule has 2 amide bonds. The van der Waals surface area contributed by atoms with E-state index in [9.17, 15) is 9.59 Å². The summed E-state index contributed by atoms with van der Waals surface area (Å²) in [6.07, 6.45) is 3.66. The number of ether oxygens (including phenoxy) is 1. The Balaban J connectivity index is 1.52. The van der Waals surface area contributed by atoms with Crippen molar-refractivity contribution in [3.63, 3.8) is 0 Å². The zero-order chi connectivity index (χ0) is 19.9.